The van der Waals surface area contributed by atoms with Gasteiger partial charge in [0.05, 0.1) is 12.0 Å². The molecule has 130 valence electrons. The molecule has 5 nitrogen and oxygen atoms in total. The van der Waals surface area contributed by atoms with E-state index in [-0.39, 0.29) is 18.2 Å². The SMILES string of the molecule is Cc1cccc(NC(=O)C2CCC(=O)N(C)C2c2ccccc2F)n1. The molecule has 1 saturated heterocycles. The quantitative estimate of drug-likeness (QED) is 0.933. The van der Waals surface area contributed by atoms with Gasteiger partial charge in [-0.15, -0.1) is 0 Å². The highest BCUT2D eigenvalue weighted by Gasteiger charge is 2.40. The number of rotatable bonds is 3. The number of hydrogen-bond acceptors (Lipinski definition) is 3. The summed E-state index contributed by atoms with van der Waals surface area (Å²) >= 11 is 0. The van der Waals surface area contributed by atoms with Crippen molar-refractivity contribution >= 4 is 17.6 Å². The summed E-state index contributed by atoms with van der Waals surface area (Å²) in [5.41, 5.74) is 1.15. The monoisotopic (exact) mass is 341 g/mol. The van der Waals surface area contributed by atoms with Crippen molar-refractivity contribution in [2.24, 2.45) is 5.92 Å². The number of amides is 2. The molecule has 1 aromatic carbocycles. The summed E-state index contributed by atoms with van der Waals surface area (Å²) in [4.78, 5) is 30.7. The van der Waals surface area contributed by atoms with Crippen LogP contribution in [0.25, 0.3) is 0 Å². The molecular weight excluding hydrogens is 321 g/mol. The fraction of sp³-hybridized carbons (Fsp3) is 0.316. The molecule has 0 spiro atoms. The molecule has 1 aliphatic rings. The molecule has 0 aliphatic carbocycles. The summed E-state index contributed by atoms with van der Waals surface area (Å²) in [6.45, 7) is 1.84. The lowest BCUT2D eigenvalue weighted by atomic mass is 9.83. The maximum atomic E-state index is 14.3. The van der Waals surface area contributed by atoms with E-state index in [2.05, 4.69) is 10.3 Å². The zero-order valence-electron chi connectivity index (χ0n) is 14.2. The average Bonchev–Trinajstić information content (AvgIpc) is 2.58. The molecule has 0 saturated carbocycles. The molecule has 2 unspecified atom stereocenters. The van der Waals surface area contributed by atoms with Crippen molar-refractivity contribution in [3.8, 4) is 0 Å². The molecule has 1 fully saturated rings. The van der Waals surface area contributed by atoms with Crippen LogP contribution in [0.3, 0.4) is 0 Å². The van der Waals surface area contributed by atoms with Crippen LogP contribution in [0.4, 0.5) is 10.2 Å². The minimum Gasteiger partial charge on any atom is -0.338 e. The number of carbonyl (C=O) groups is 2. The number of carbonyl (C=O) groups excluding carboxylic acids is 2. The van der Waals surface area contributed by atoms with Crippen LogP contribution in [0.5, 0.6) is 0 Å². The number of aryl methyl sites for hydroxylation is 1. The fourth-order valence-corrected chi connectivity index (χ4v) is 3.28. The number of aromatic nitrogens is 1. The second-order valence-corrected chi connectivity index (χ2v) is 6.27. The minimum absolute atomic E-state index is 0.0917. The van der Waals surface area contributed by atoms with E-state index in [0.717, 1.165) is 5.69 Å². The van der Waals surface area contributed by atoms with Crippen molar-refractivity contribution in [1.82, 2.24) is 9.88 Å². The predicted molar refractivity (Wildman–Crippen MR) is 92.2 cm³/mol. The van der Waals surface area contributed by atoms with Crippen LogP contribution in [-0.4, -0.2) is 28.7 Å². The van der Waals surface area contributed by atoms with Crippen molar-refractivity contribution in [3.05, 3.63) is 59.5 Å². The van der Waals surface area contributed by atoms with Crippen molar-refractivity contribution in [2.45, 2.75) is 25.8 Å². The Morgan fingerprint density at radius 1 is 1.24 bits per heavy atom. The Morgan fingerprint density at radius 2 is 2.00 bits per heavy atom. The third-order valence-electron chi connectivity index (χ3n) is 4.56. The smallest absolute Gasteiger partial charge is 0.231 e. The van der Waals surface area contributed by atoms with Gasteiger partial charge in [-0.2, -0.15) is 0 Å². The number of halogens is 1. The maximum Gasteiger partial charge on any atom is 0.231 e. The topological polar surface area (TPSA) is 62.3 Å². The Kier molecular flexibility index (Phi) is 4.79. The zero-order chi connectivity index (χ0) is 18.0. The Bertz CT molecular complexity index is 809. The van der Waals surface area contributed by atoms with E-state index in [1.165, 1.54) is 11.0 Å². The molecule has 1 aromatic heterocycles. The van der Waals surface area contributed by atoms with Gasteiger partial charge in [-0.05, 0) is 31.5 Å². The van der Waals surface area contributed by atoms with Crippen LogP contribution >= 0.6 is 0 Å². The van der Waals surface area contributed by atoms with Gasteiger partial charge in [0, 0.05) is 24.7 Å². The van der Waals surface area contributed by atoms with Crippen LogP contribution in [0, 0.1) is 18.7 Å². The Balaban J connectivity index is 1.90. The fourth-order valence-electron chi connectivity index (χ4n) is 3.28. The Hall–Kier alpha value is -2.76. The summed E-state index contributed by atoms with van der Waals surface area (Å²) in [7, 11) is 1.61. The predicted octanol–water partition coefficient (Wildman–Crippen LogP) is 3.08. The summed E-state index contributed by atoms with van der Waals surface area (Å²) in [5.74, 6) is -0.851. The zero-order valence-corrected chi connectivity index (χ0v) is 14.2. The molecule has 1 aliphatic heterocycles. The van der Waals surface area contributed by atoms with Gasteiger partial charge < -0.3 is 10.2 Å². The highest BCUT2D eigenvalue weighted by atomic mass is 19.1. The van der Waals surface area contributed by atoms with Gasteiger partial charge >= 0.3 is 0 Å². The molecule has 2 atom stereocenters. The Labute approximate surface area is 145 Å². The lowest BCUT2D eigenvalue weighted by Crippen LogP contribution is -2.45. The second kappa shape index (κ2) is 7.01. The van der Waals surface area contributed by atoms with E-state index in [4.69, 9.17) is 0 Å². The number of nitrogens with one attached hydrogen (secondary N) is 1. The molecular formula is C19H20FN3O2. The molecule has 2 amide bonds. The molecule has 25 heavy (non-hydrogen) atoms. The van der Waals surface area contributed by atoms with Crippen LogP contribution in [0.1, 0.15) is 30.1 Å². The number of pyridine rings is 1. The van der Waals surface area contributed by atoms with Crippen LogP contribution in [0.2, 0.25) is 0 Å². The summed E-state index contributed by atoms with van der Waals surface area (Å²) in [5, 5.41) is 2.80. The van der Waals surface area contributed by atoms with Gasteiger partial charge in [-0.25, -0.2) is 9.37 Å². The van der Waals surface area contributed by atoms with E-state index < -0.39 is 17.8 Å². The van der Waals surface area contributed by atoms with E-state index in [9.17, 15) is 14.0 Å². The molecule has 1 N–H and O–H groups in total. The number of anilines is 1. The van der Waals surface area contributed by atoms with Crippen molar-refractivity contribution in [2.75, 3.05) is 12.4 Å². The number of nitrogens with zero attached hydrogens (tertiary/aromatic N) is 2. The van der Waals surface area contributed by atoms with Gasteiger partial charge in [0.15, 0.2) is 0 Å². The highest BCUT2D eigenvalue weighted by Crippen LogP contribution is 2.37. The van der Waals surface area contributed by atoms with Crippen molar-refractivity contribution in [1.29, 1.82) is 0 Å². The Morgan fingerprint density at radius 3 is 2.72 bits per heavy atom. The third kappa shape index (κ3) is 3.52. The van der Waals surface area contributed by atoms with Crippen LogP contribution < -0.4 is 5.32 Å². The minimum atomic E-state index is -0.632. The number of hydrogen-bond donors (Lipinski definition) is 1. The normalized spacial score (nSPS) is 20.4. The van der Waals surface area contributed by atoms with E-state index in [1.54, 1.807) is 31.3 Å². The lowest BCUT2D eigenvalue weighted by Gasteiger charge is -2.38. The van der Waals surface area contributed by atoms with E-state index >= 15 is 0 Å². The standard InChI is InChI=1S/C19H20FN3O2/c1-12-6-5-9-16(21-12)22-19(25)14-10-11-17(24)23(2)18(14)13-7-3-4-8-15(13)20/h3-9,14,18H,10-11H2,1-2H3,(H,21,22,25). The van der Waals surface area contributed by atoms with Gasteiger partial charge in [0.2, 0.25) is 11.8 Å². The molecule has 2 aromatic rings. The summed E-state index contributed by atoms with van der Waals surface area (Å²) < 4.78 is 14.3. The second-order valence-electron chi connectivity index (χ2n) is 6.27. The first-order chi connectivity index (χ1) is 12.0. The molecule has 6 heteroatoms. The highest BCUT2D eigenvalue weighted by molar-refractivity contribution is 5.94. The first kappa shape index (κ1) is 17.1. The van der Waals surface area contributed by atoms with Gasteiger partial charge in [0.1, 0.15) is 11.6 Å². The molecule has 0 bridgehead atoms. The summed E-state index contributed by atoms with van der Waals surface area (Å²) in [6, 6.07) is 11.0. The first-order valence-electron chi connectivity index (χ1n) is 8.22. The largest absolute Gasteiger partial charge is 0.338 e. The molecule has 3 rings (SSSR count). The lowest BCUT2D eigenvalue weighted by molar-refractivity contribution is -0.140. The average molecular weight is 341 g/mol. The summed E-state index contributed by atoms with van der Waals surface area (Å²) in [6.07, 6.45) is 0.639. The van der Waals surface area contributed by atoms with Gasteiger partial charge in [-0.3, -0.25) is 9.59 Å². The van der Waals surface area contributed by atoms with Crippen molar-refractivity contribution in [3.63, 3.8) is 0 Å². The van der Waals surface area contributed by atoms with E-state index in [1.807, 2.05) is 19.1 Å². The van der Waals surface area contributed by atoms with Crippen molar-refractivity contribution < 1.29 is 14.0 Å². The molecule has 2 heterocycles. The maximum absolute atomic E-state index is 14.3. The molecule has 0 radical (unpaired) electrons. The van der Waals surface area contributed by atoms with Crippen LogP contribution in [-0.2, 0) is 9.59 Å². The number of piperidine rings is 1. The third-order valence-corrected chi connectivity index (χ3v) is 4.56. The first-order valence-corrected chi connectivity index (χ1v) is 8.22. The van der Waals surface area contributed by atoms with Crippen LogP contribution in [0.15, 0.2) is 42.5 Å². The van der Waals surface area contributed by atoms with E-state index in [0.29, 0.717) is 17.8 Å². The van der Waals surface area contributed by atoms with Gasteiger partial charge in [-0.1, -0.05) is 24.3 Å². The number of benzene rings is 1. The van der Waals surface area contributed by atoms with Gasteiger partial charge in [0.25, 0.3) is 0 Å². The number of likely N-dealkylation sites (tertiary alicyclic amines) is 1.